The minimum absolute atomic E-state index is 0.857. The van der Waals surface area contributed by atoms with Crippen LogP contribution in [0.3, 0.4) is 0 Å². The molecule has 0 saturated heterocycles. The first-order valence-corrected chi connectivity index (χ1v) is 4.20. The molecule has 1 radical (unpaired) electrons. The van der Waals surface area contributed by atoms with Crippen LogP contribution in [0, 0.1) is 13.8 Å². The van der Waals surface area contributed by atoms with Gasteiger partial charge in [0, 0.05) is 0 Å². The van der Waals surface area contributed by atoms with Crippen LogP contribution in [0.2, 0.25) is 0 Å². The maximum Gasteiger partial charge on any atom is -0.0161 e. The second kappa shape index (κ2) is 2.37. The summed E-state index contributed by atoms with van der Waals surface area (Å²) in [7, 11) is 0. The van der Waals surface area contributed by atoms with E-state index < -0.39 is 0 Å². The quantitative estimate of drug-likeness (QED) is 0.569. The molecule has 1 aliphatic rings. The minimum Gasteiger partial charge on any atom is -0.0588 e. The highest BCUT2D eigenvalue weighted by molar-refractivity contribution is 5.36. The topological polar surface area (TPSA) is 0 Å². The van der Waals surface area contributed by atoms with E-state index >= 15 is 0 Å². The molecule has 0 bridgehead atoms. The molecule has 1 aliphatic carbocycles. The Morgan fingerprint density at radius 2 is 2.09 bits per heavy atom. The molecule has 0 unspecified atom stereocenters. The first kappa shape index (κ1) is 6.90. The zero-order chi connectivity index (χ0) is 7.84. The molecule has 57 valence electrons. The largest absolute Gasteiger partial charge is 0.0588 e. The van der Waals surface area contributed by atoms with Crippen LogP contribution in [0.1, 0.15) is 35.4 Å². The Morgan fingerprint density at radius 3 is 2.64 bits per heavy atom. The molecule has 0 atom stereocenters. The van der Waals surface area contributed by atoms with Gasteiger partial charge in [0.25, 0.3) is 0 Å². The van der Waals surface area contributed by atoms with E-state index in [1.165, 1.54) is 29.5 Å². The van der Waals surface area contributed by atoms with Crippen molar-refractivity contribution in [2.45, 2.75) is 25.7 Å². The fraction of sp³-hybridized carbons (Fsp3) is 0.364. The molecule has 1 fully saturated rings. The van der Waals surface area contributed by atoms with Crippen LogP contribution in [0.15, 0.2) is 18.2 Å². The van der Waals surface area contributed by atoms with Crippen molar-refractivity contribution in [3.8, 4) is 0 Å². The van der Waals surface area contributed by atoms with E-state index in [0.717, 1.165) is 5.92 Å². The minimum atomic E-state index is 0.857. The Hall–Kier alpha value is -0.780. The molecule has 11 heavy (non-hydrogen) atoms. The van der Waals surface area contributed by atoms with Crippen molar-refractivity contribution < 1.29 is 0 Å². The predicted molar refractivity (Wildman–Crippen MR) is 47.6 cm³/mol. The fourth-order valence-electron chi connectivity index (χ4n) is 1.36. The third kappa shape index (κ3) is 1.30. The highest BCUT2D eigenvalue weighted by Crippen LogP contribution is 2.40. The van der Waals surface area contributed by atoms with Crippen LogP contribution in [0.4, 0.5) is 0 Å². The Bertz CT molecular complexity index is 269. The number of rotatable bonds is 1. The third-order valence-corrected chi connectivity index (χ3v) is 2.42. The van der Waals surface area contributed by atoms with E-state index in [0.29, 0.717) is 0 Å². The van der Waals surface area contributed by atoms with Crippen molar-refractivity contribution in [1.29, 1.82) is 0 Å². The van der Waals surface area contributed by atoms with Crippen LogP contribution in [0.5, 0.6) is 0 Å². The maximum atomic E-state index is 3.99. The van der Waals surface area contributed by atoms with Crippen molar-refractivity contribution in [2.75, 3.05) is 0 Å². The van der Waals surface area contributed by atoms with E-state index in [1.54, 1.807) is 0 Å². The second-order valence-electron chi connectivity index (χ2n) is 3.46. The average Bonchev–Trinajstić information content (AvgIpc) is 2.77. The summed E-state index contributed by atoms with van der Waals surface area (Å²) in [5.74, 6) is 0.857. The van der Waals surface area contributed by atoms with Crippen molar-refractivity contribution >= 4 is 0 Å². The zero-order valence-corrected chi connectivity index (χ0v) is 6.93. The first-order valence-electron chi connectivity index (χ1n) is 4.20. The van der Waals surface area contributed by atoms with Gasteiger partial charge in [0.15, 0.2) is 0 Å². The fourth-order valence-corrected chi connectivity index (χ4v) is 1.36. The van der Waals surface area contributed by atoms with Crippen LogP contribution >= 0.6 is 0 Å². The van der Waals surface area contributed by atoms with Gasteiger partial charge in [-0.15, -0.1) is 0 Å². The third-order valence-electron chi connectivity index (χ3n) is 2.42. The number of hydrogen-bond donors (Lipinski definition) is 0. The molecule has 2 rings (SSSR count). The standard InChI is InChI=1S/C11H13/c1-8-3-4-11(7-9(8)2)10-5-6-10/h3-4,7,10H,2,5-6H2,1H3. The molecule has 0 amide bonds. The molecule has 1 saturated carbocycles. The molecular formula is C11H13. The zero-order valence-electron chi connectivity index (χ0n) is 6.93. The van der Waals surface area contributed by atoms with Gasteiger partial charge in [0.1, 0.15) is 0 Å². The van der Waals surface area contributed by atoms with Gasteiger partial charge in [-0.2, -0.15) is 0 Å². The predicted octanol–water partition coefficient (Wildman–Crippen LogP) is 3.05. The summed E-state index contributed by atoms with van der Waals surface area (Å²) in [5, 5.41) is 0. The maximum absolute atomic E-state index is 3.99. The van der Waals surface area contributed by atoms with Gasteiger partial charge in [-0.1, -0.05) is 18.2 Å². The summed E-state index contributed by atoms with van der Waals surface area (Å²) in [4.78, 5) is 0. The molecule has 0 nitrogen and oxygen atoms in total. The number of aryl methyl sites for hydroxylation is 1. The van der Waals surface area contributed by atoms with Crippen molar-refractivity contribution in [1.82, 2.24) is 0 Å². The first-order chi connectivity index (χ1) is 5.27. The summed E-state index contributed by atoms with van der Waals surface area (Å²) >= 11 is 0. The number of benzene rings is 1. The van der Waals surface area contributed by atoms with Crippen LogP contribution in [-0.2, 0) is 0 Å². The van der Waals surface area contributed by atoms with Crippen molar-refractivity contribution in [2.24, 2.45) is 0 Å². The average molecular weight is 145 g/mol. The van der Waals surface area contributed by atoms with Gasteiger partial charge < -0.3 is 0 Å². The highest BCUT2D eigenvalue weighted by Gasteiger charge is 2.23. The second-order valence-corrected chi connectivity index (χ2v) is 3.46. The summed E-state index contributed by atoms with van der Waals surface area (Å²) in [6.45, 7) is 6.10. The van der Waals surface area contributed by atoms with Crippen LogP contribution in [-0.4, -0.2) is 0 Å². The lowest BCUT2D eigenvalue weighted by Crippen LogP contribution is -1.84. The summed E-state index contributed by atoms with van der Waals surface area (Å²) in [6.07, 6.45) is 2.75. The normalized spacial score (nSPS) is 16.9. The van der Waals surface area contributed by atoms with Gasteiger partial charge in [-0.05, 0) is 49.3 Å². The Balaban J connectivity index is 2.36. The smallest absolute Gasteiger partial charge is 0.0161 e. The van der Waals surface area contributed by atoms with Crippen LogP contribution < -0.4 is 0 Å². The van der Waals surface area contributed by atoms with Crippen molar-refractivity contribution in [3.63, 3.8) is 0 Å². The van der Waals surface area contributed by atoms with E-state index in [-0.39, 0.29) is 0 Å². The number of hydrogen-bond acceptors (Lipinski definition) is 0. The SMILES string of the molecule is [CH2]c1cc(C2CC2)ccc1C. The van der Waals surface area contributed by atoms with Gasteiger partial charge in [0.2, 0.25) is 0 Å². The molecule has 0 heterocycles. The molecular weight excluding hydrogens is 132 g/mol. The highest BCUT2D eigenvalue weighted by atomic mass is 14.3. The Kier molecular flexibility index (Phi) is 1.49. The van der Waals surface area contributed by atoms with Gasteiger partial charge in [-0.25, -0.2) is 0 Å². The molecule has 0 aromatic heterocycles. The lowest BCUT2D eigenvalue weighted by atomic mass is 10.0. The lowest BCUT2D eigenvalue weighted by molar-refractivity contribution is 1.12. The summed E-state index contributed by atoms with van der Waals surface area (Å²) in [5.41, 5.74) is 3.98. The summed E-state index contributed by atoms with van der Waals surface area (Å²) in [6, 6.07) is 6.64. The summed E-state index contributed by atoms with van der Waals surface area (Å²) < 4.78 is 0. The Morgan fingerprint density at radius 1 is 1.36 bits per heavy atom. The monoisotopic (exact) mass is 145 g/mol. The molecule has 0 N–H and O–H groups in total. The molecule has 1 aromatic rings. The van der Waals surface area contributed by atoms with E-state index in [9.17, 15) is 0 Å². The molecule has 0 heteroatoms. The molecule has 0 aliphatic heterocycles. The molecule has 0 spiro atoms. The van der Waals surface area contributed by atoms with E-state index in [2.05, 4.69) is 32.0 Å². The van der Waals surface area contributed by atoms with Gasteiger partial charge in [0.05, 0.1) is 0 Å². The van der Waals surface area contributed by atoms with E-state index in [1.807, 2.05) is 0 Å². The van der Waals surface area contributed by atoms with Gasteiger partial charge >= 0.3 is 0 Å². The Labute approximate surface area is 68.3 Å². The molecule has 1 aromatic carbocycles. The van der Waals surface area contributed by atoms with Gasteiger partial charge in [-0.3, -0.25) is 0 Å². The van der Waals surface area contributed by atoms with E-state index in [4.69, 9.17) is 0 Å². The lowest BCUT2D eigenvalue weighted by Gasteiger charge is -2.02. The van der Waals surface area contributed by atoms with Crippen molar-refractivity contribution in [3.05, 3.63) is 41.8 Å². The van der Waals surface area contributed by atoms with Crippen LogP contribution in [0.25, 0.3) is 0 Å².